The Morgan fingerprint density at radius 3 is 1.81 bits per heavy atom. The Labute approximate surface area is 128 Å². The summed E-state index contributed by atoms with van der Waals surface area (Å²) < 4.78 is 0. The molecule has 0 aliphatic carbocycles. The van der Waals surface area contributed by atoms with Crippen LogP contribution in [0.4, 0.5) is 0 Å². The molecule has 0 aromatic heterocycles. The lowest BCUT2D eigenvalue weighted by molar-refractivity contribution is -0.401. The summed E-state index contributed by atoms with van der Waals surface area (Å²) >= 11 is 0. The number of hydrogen-bond acceptors (Lipinski definition) is 4. The molecule has 0 N–H and O–H groups in total. The molecule has 0 saturated heterocycles. The Balaban J connectivity index is 2.78. The summed E-state index contributed by atoms with van der Waals surface area (Å²) in [5, 5.41) is 0. The predicted octanol–water partition coefficient (Wildman–Crippen LogP) is 4.78. The second-order valence-electron chi connectivity index (χ2n) is 7.60. The molecule has 1 aromatic carbocycles. The molecular formula is C17H28O4. The number of benzene rings is 1. The van der Waals surface area contributed by atoms with Crippen molar-refractivity contribution in [2.75, 3.05) is 0 Å². The minimum absolute atomic E-state index is 0.360. The lowest BCUT2D eigenvalue weighted by Crippen LogP contribution is -2.29. The molecule has 0 heterocycles. The van der Waals surface area contributed by atoms with Crippen molar-refractivity contribution >= 4 is 0 Å². The van der Waals surface area contributed by atoms with Gasteiger partial charge in [0, 0.05) is 0 Å². The molecule has 0 bridgehead atoms. The van der Waals surface area contributed by atoms with Gasteiger partial charge in [0.1, 0.15) is 11.2 Å². The second kappa shape index (κ2) is 6.34. The van der Waals surface area contributed by atoms with E-state index >= 15 is 0 Å². The summed E-state index contributed by atoms with van der Waals surface area (Å²) in [5.74, 6) is 0.634. The smallest absolute Gasteiger partial charge is 0.165 e. The molecular weight excluding hydrogens is 268 g/mol. The summed E-state index contributed by atoms with van der Waals surface area (Å²) in [6, 6.07) is 7.60. The zero-order chi connectivity index (χ0) is 16.3. The maximum atomic E-state index is 5.58. The minimum Gasteiger partial charge on any atom is -0.337 e. The van der Waals surface area contributed by atoms with Crippen LogP contribution in [0.2, 0.25) is 0 Å². The average molecular weight is 296 g/mol. The Morgan fingerprint density at radius 2 is 1.29 bits per heavy atom. The molecule has 0 amide bonds. The van der Waals surface area contributed by atoms with Gasteiger partial charge in [0.05, 0.1) is 5.60 Å². The van der Waals surface area contributed by atoms with Gasteiger partial charge in [0.25, 0.3) is 0 Å². The van der Waals surface area contributed by atoms with E-state index in [2.05, 4.69) is 0 Å². The van der Waals surface area contributed by atoms with Crippen molar-refractivity contribution in [2.24, 2.45) is 0 Å². The van der Waals surface area contributed by atoms with Gasteiger partial charge in [-0.25, -0.2) is 9.78 Å². The fourth-order valence-corrected chi connectivity index (χ4v) is 1.37. The first-order valence-electron chi connectivity index (χ1n) is 7.22. The van der Waals surface area contributed by atoms with Gasteiger partial charge in [0.15, 0.2) is 5.75 Å². The van der Waals surface area contributed by atoms with Crippen molar-refractivity contribution in [1.82, 2.24) is 0 Å². The van der Waals surface area contributed by atoms with Crippen molar-refractivity contribution < 1.29 is 19.6 Å². The van der Waals surface area contributed by atoms with Gasteiger partial charge < -0.3 is 4.89 Å². The first-order chi connectivity index (χ1) is 9.39. The van der Waals surface area contributed by atoms with E-state index in [0.717, 1.165) is 5.56 Å². The summed E-state index contributed by atoms with van der Waals surface area (Å²) in [7, 11) is 0. The van der Waals surface area contributed by atoms with Crippen molar-refractivity contribution in [3.05, 3.63) is 29.8 Å². The first-order valence-corrected chi connectivity index (χ1v) is 7.22. The summed E-state index contributed by atoms with van der Waals surface area (Å²) in [5.41, 5.74) is -0.367. The van der Waals surface area contributed by atoms with E-state index in [9.17, 15) is 0 Å². The maximum absolute atomic E-state index is 5.58. The van der Waals surface area contributed by atoms with E-state index in [0.29, 0.717) is 5.75 Å². The Hall–Kier alpha value is -1.10. The van der Waals surface area contributed by atoms with Crippen molar-refractivity contribution in [1.29, 1.82) is 0 Å². The summed E-state index contributed by atoms with van der Waals surface area (Å²) in [6.45, 7) is 15.5. The molecule has 1 aromatic rings. The fourth-order valence-electron chi connectivity index (χ4n) is 1.37. The highest BCUT2D eigenvalue weighted by atomic mass is 17.2. The lowest BCUT2D eigenvalue weighted by Gasteiger charge is -2.29. The van der Waals surface area contributed by atoms with Crippen LogP contribution < -0.4 is 4.89 Å². The van der Waals surface area contributed by atoms with Crippen LogP contribution in [0.25, 0.3) is 0 Å². The number of rotatable bonds is 5. The molecule has 0 fully saturated rings. The lowest BCUT2D eigenvalue weighted by atomic mass is 9.98. The maximum Gasteiger partial charge on any atom is 0.165 e. The third kappa shape index (κ3) is 6.93. The number of hydrogen-bond donors (Lipinski definition) is 0. The second-order valence-corrected chi connectivity index (χ2v) is 7.60. The molecule has 0 spiro atoms. The van der Waals surface area contributed by atoms with E-state index in [-0.39, 0.29) is 11.2 Å². The van der Waals surface area contributed by atoms with Crippen LogP contribution in [-0.4, -0.2) is 11.2 Å². The molecule has 0 atom stereocenters. The van der Waals surface area contributed by atoms with Crippen LogP contribution in [0.1, 0.15) is 61.0 Å². The van der Waals surface area contributed by atoms with E-state index in [4.69, 9.17) is 19.6 Å². The SMILES string of the molecule is CC(C)(C)OOc1cccc(C(C)(C)OOC(C)(C)C)c1. The Bertz CT molecular complexity index is 453. The quantitative estimate of drug-likeness (QED) is 0.579. The van der Waals surface area contributed by atoms with Gasteiger partial charge in [-0.05, 0) is 73.1 Å². The van der Waals surface area contributed by atoms with Crippen LogP contribution in [0.15, 0.2) is 24.3 Å². The Kier molecular flexibility index (Phi) is 5.42. The third-order valence-corrected chi connectivity index (χ3v) is 2.42. The highest BCUT2D eigenvalue weighted by Crippen LogP contribution is 2.29. The molecule has 1 rings (SSSR count). The van der Waals surface area contributed by atoms with E-state index in [1.165, 1.54) is 0 Å². The van der Waals surface area contributed by atoms with Crippen LogP contribution in [0, 0.1) is 0 Å². The van der Waals surface area contributed by atoms with Crippen LogP contribution in [0.3, 0.4) is 0 Å². The van der Waals surface area contributed by atoms with Crippen molar-refractivity contribution in [2.45, 2.75) is 72.2 Å². The van der Waals surface area contributed by atoms with Gasteiger partial charge in [-0.2, -0.15) is 4.89 Å². The van der Waals surface area contributed by atoms with Gasteiger partial charge >= 0.3 is 0 Å². The third-order valence-electron chi connectivity index (χ3n) is 2.42. The van der Waals surface area contributed by atoms with Gasteiger partial charge in [-0.1, -0.05) is 12.1 Å². The van der Waals surface area contributed by atoms with Crippen LogP contribution >= 0.6 is 0 Å². The van der Waals surface area contributed by atoms with Gasteiger partial charge in [0.2, 0.25) is 0 Å². The monoisotopic (exact) mass is 296 g/mol. The molecule has 0 saturated carbocycles. The molecule has 0 aliphatic rings. The largest absolute Gasteiger partial charge is 0.337 e. The zero-order valence-corrected chi connectivity index (χ0v) is 14.4. The normalized spacial score (nSPS) is 13.3. The summed E-state index contributed by atoms with van der Waals surface area (Å²) in [4.78, 5) is 21.7. The van der Waals surface area contributed by atoms with Crippen molar-refractivity contribution in [3.63, 3.8) is 0 Å². The standard InChI is InChI=1S/C17H28O4/c1-15(2,3)19-18-14-11-9-10-13(12-14)17(7,8)21-20-16(4,5)6/h9-12H,1-8H3. The molecule has 21 heavy (non-hydrogen) atoms. The molecule has 4 nitrogen and oxygen atoms in total. The van der Waals surface area contributed by atoms with Crippen LogP contribution in [-0.2, 0) is 20.3 Å². The van der Waals surface area contributed by atoms with Crippen molar-refractivity contribution in [3.8, 4) is 5.75 Å². The minimum atomic E-state index is -0.589. The molecule has 4 heteroatoms. The van der Waals surface area contributed by atoms with Gasteiger partial charge in [-0.3, -0.25) is 0 Å². The fraction of sp³-hybridized carbons (Fsp3) is 0.647. The topological polar surface area (TPSA) is 36.9 Å². The molecule has 0 radical (unpaired) electrons. The Morgan fingerprint density at radius 1 is 0.714 bits per heavy atom. The molecule has 0 aliphatic heterocycles. The average Bonchev–Trinajstić information content (AvgIpc) is 2.33. The van der Waals surface area contributed by atoms with E-state index in [1.54, 1.807) is 0 Å². The predicted molar refractivity (Wildman–Crippen MR) is 82.9 cm³/mol. The molecule has 0 unspecified atom stereocenters. The molecule has 120 valence electrons. The van der Waals surface area contributed by atoms with E-state index < -0.39 is 5.60 Å². The highest BCUT2D eigenvalue weighted by Gasteiger charge is 2.26. The van der Waals surface area contributed by atoms with Gasteiger partial charge in [-0.15, -0.1) is 0 Å². The van der Waals surface area contributed by atoms with Crippen LogP contribution in [0.5, 0.6) is 5.75 Å². The zero-order valence-electron chi connectivity index (χ0n) is 14.4. The highest BCUT2D eigenvalue weighted by molar-refractivity contribution is 5.31. The van der Waals surface area contributed by atoms with E-state index in [1.807, 2.05) is 79.7 Å². The first kappa shape index (κ1) is 18.0. The summed E-state index contributed by atoms with van der Waals surface area (Å²) in [6.07, 6.45) is 0.